The number of rotatable bonds is 5. The van der Waals surface area contributed by atoms with Crippen LogP contribution in [0.15, 0.2) is 59.3 Å². The number of nitrogens with zero attached hydrogens (tertiary/aromatic N) is 2. The minimum atomic E-state index is -0.416. The van der Waals surface area contributed by atoms with E-state index in [9.17, 15) is 4.79 Å². The van der Waals surface area contributed by atoms with Crippen LogP contribution in [0.1, 0.15) is 16.2 Å². The van der Waals surface area contributed by atoms with Gasteiger partial charge in [0.15, 0.2) is 0 Å². The summed E-state index contributed by atoms with van der Waals surface area (Å²) in [6.07, 6.45) is 1.84. The topological polar surface area (TPSA) is 93.0 Å². The van der Waals surface area contributed by atoms with Crippen LogP contribution < -0.4 is 10.1 Å². The van der Waals surface area contributed by atoms with Crippen LogP contribution in [0.3, 0.4) is 0 Å². The molecule has 130 valence electrons. The van der Waals surface area contributed by atoms with E-state index in [1.165, 1.54) is 0 Å². The summed E-state index contributed by atoms with van der Waals surface area (Å²) in [5.74, 6) is 0.659. The fraction of sp³-hybridized carbons (Fsp3) is 0.105. The van der Waals surface area contributed by atoms with Gasteiger partial charge in [-0.1, -0.05) is 29.4 Å². The van der Waals surface area contributed by atoms with E-state index in [1.54, 1.807) is 7.11 Å². The first-order chi connectivity index (χ1) is 12.7. The maximum atomic E-state index is 12.3. The molecule has 0 radical (unpaired) electrons. The Morgan fingerprint density at radius 3 is 2.85 bits per heavy atom. The molecule has 0 saturated heterocycles. The zero-order chi connectivity index (χ0) is 17.9. The molecule has 0 aliphatic carbocycles. The number of carbonyl (C=O) groups excluding carboxylic acids is 1. The Morgan fingerprint density at radius 2 is 2.04 bits per heavy atom. The van der Waals surface area contributed by atoms with Crippen molar-refractivity contribution in [2.24, 2.45) is 0 Å². The number of hydrogen-bond acceptors (Lipinski definition) is 5. The number of methoxy groups -OCH3 is 1. The van der Waals surface area contributed by atoms with Crippen molar-refractivity contribution in [1.29, 1.82) is 0 Å². The highest BCUT2D eigenvalue weighted by Gasteiger charge is 2.17. The zero-order valence-electron chi connectivity index (χ0n) is 14.0. The number of ether oxygens (including phenoxy) is 1. The van der Waals surface area contributed by atoms with E-state index in [1.807, 2.05) is 54.7 Å². The molecule has 0 fully saturated rings. The lowest BCUT2D eigenvalue weighted by atomic mass is 10.1. The van der Waals surface area contributed by atoms with Crippen LogP contribution in [0.4, 0.5) is 0 Å². The van der Waals surface area contributed by atoms with Crippen molar-refractivity contribution in [3.05, 3.63) is 66.2 Å². The van der Waals surface area contributed by atoms with Crippen molar-refractivity contribution in [2.75, 3.05) is 7.11 Å². The first-order valence-corrected chi connectivity index (χ1v) is 8.06. The number of benzene rings is 2. The predicted molar refractivity (Wildman–Crippen MR) is 95.8 cm³/mol. The molecule has 0 atom stereocenters. The first kappa shape index (κ1) is 15.9. The van der Waals surface area contributed by atoms with E-state index in [4.69, 9.17) is 9.26 Å². The van der Waals surface area contributed by atoms with Gasteiger partial charge in [-0.3, -0.25) is 4.79 Å². The summed E-state index contributed by atoms with van der Waals surface area (Å²) in [6.45, 7) is 0.355. The average Bonchev–Trinajstić information content (AvgIpc) is 3.35. The van der Waals surface area contributed by atoms with Crippen LogP contribution in [-0.4, -0.2) is 28.1 Å². The molecule has 2 aromatic heterocycles. The molecule has 26 heavy (non-hydrogen) atoms. The van der Waals surface area contributed by atoms with Crippen LogP contribution in [0.25, 0.3) is 22.3 Å². The normalized spacial score (nSPS) is 10.8. The SMILES string of the molecule is COc1ccc(CNC(=O)c2nc(-c3cccc4[nH]ccc34)no2)cc1. The Morgan fingerprint density at radius 1 is 1.19 bits per heavy atom. The van der Waals surface area contributed by atoms with Crippen molar-refractivity contribution in [1.82, 2.24) is 20.4 Å². The van der Waals surface area contributed by atoms with E-state index in [-0.39, 0.29) is 5.89 Å². The smallest absolute Gasteiger partial charge is 0.316 e. The second-order valence-corrected chi connectivity index (χ2v) is 5.70. The van der Waals surface area contributed by atoms with Crippen molar-refractivity contribution in [2.45, 2.75) is 6.54 Å². The predicted octanol–water partition coefficient (Wildman–Crippen LogP) is 3.16. The highest BCUT2D eigenvalue weighted by atomic mass is 16.5. The number of carbonyl (C=O) groups is 1. The lowest BCUT2D eigenvalue weighted by Gasteiger charge is -2.04. The summed E-state index contributed by atoms with van der Waals surface area (Å²) in [7, 11) is 1.61. The third kappa shape index (κ3) is 3.02. The van der Waals surface area contributed by atoms with Gasteiger partial charge in [-0.25, -0.2) is 0 Å². The third-order valence-corrected chi connectivity index (χ3v) is 4.07. The number of amides is 1. The summed E-state index contributed by atoms with van der Waals surface area (Å²) < 4.78 is 10.2. The Labute approximate surface area is 149 Å². The molecule has 0 saturated carbocycles. The lowest BCUT2D eigenvalue weighted by molar-refractivity contribution is 0.0907. The van der Waals surface area contributed by atoms with Gasteiger partial charge >= 0.3 is 11.8 Å². The number of H-pyrrole nitrogens is 1. The van der Waals surface area contributed by atoms with Gasteiger partial charge < -0.3 is 19.6 Å². The van der Waals surface area contributed by atoms with Gasteiger partial charge in [0.05, 0.1) is 7.11 Å². The second-order valence-electron chi connectivity index (χ2n) is 5.70. The molecule has 1 amide bonds. The number of fused-ring (bicyclic) bond motifs is 1. The third-order valence-electron chi connectivity index (χ3n) is 4.07. The molecule has 7 heteroatoms. The van der Waals surface area contributed by atoms with Gasteiger partial charge in [-0.2, -0.15) is 4.98 Å². The minimum absolute atomic E-state index is 0.0685. The molecule has 2 heterocycles. The summed E-state index contributed by atoms with van der Waals surface area (Å²) in [5, 5.41) is 7.68. The molecule has 0 unspecified atom stereocenters. The maximum Gasteiger partial charge on any atom is 0.316 e. The van der Waals surface area contributed by atoms with Crippen LogP contribution in [-0.2, 0) is 6.54 Å². The first-order valence-electron chi connectivity index (χ1n) is 8.06. The van der Waals surface area contributed by atoms with Crippen LogP contribution in [0, 0.1) is 0 Å². The minimum Gasteiger partial charge on any atom is -0.497 e. The van der Waals surface area contributed by atoms with Crippen molar-refractivity contribution in [3.8, 4) is 17.1 Å². The molecule has 0 aliphatic heterocycles. The highest BCUT2D eigenvalue weighted by molar-refractivity contribution is 5.94. The summed E-state index contributed by atoms with van der Waals surface area (Å²) in [6, 6.07) is 15.1. The zero-order valence-corrected chi connectivity index (χ0v) is 14.0. The monoisotopic (exact) mass is 348 g/mol. The Balaban J connectivity index is 1.48. The average molecular weight is 348 g/mol. The standard InChI is InChI=1S/C19H16N4O3/c1-25-13-7-5-12(6-8-13)11-21-18(24)19-22-17(23-26-19)15-3-2-4-16-14(15)9-10-20-16/h2-10,20H,11H2,1H3,(H,21,24). The molecule has 4 rings (SSSR count). The summed E-state index contributed by atoms with van der Waals surface area (Å²) >= 11 is 0. The highest BCUT2D eigenvalue weighted by Crippen LogP contribution is 2.25. The van der Waals surface area contributed by atoms with Gasteiger partial charge in [0.25, 0.3) is 0 Å². The number of aromatic nitrogens is 3. The molecule has 4 aromatic rings. The molecule has 2 aromatic carbocycles. The van der Waals surface area contributed by atoms with E-state index in [0.717, 1.165) is 27.8 Å². The molecule has 7 nitrogen and oxygen atoms in total. The number of hydrogen-bond donors (Lipinski definition) is 2. The van der Waals surface area contributed by atoms with Crippen LogP contribution in [0.2, 0.25) is 0 Å². The van der Waals surface area contributed by atoms with Gasteiger partial charge in [0.2, 0.25) is 5.82 Å². The Kier molecular flexibility index (Phi) is 4.10. The quantitative estimate of drug-likeness (QED) is 0.578. The number of aromatic amines is 1. The fourth-order valence-corrected chi connectivity index (χ4v) is 2.71. The van der Waals surface area contributed by atoms with Crippen molar-refractivity contribution < 1.29 is 14.1 Å². The Hall–Kier alpha value is -3.61. The largest absolute Gasteiger partial charge is 0.497 e. The van der Waals surface area contributed by atoms with Crippen LogP contribution >= 0.6 is 0 Å². The van der Waals surface area contributed by atoms with Gasteiger partial charge in [0.1, 0.15) is 5.75 Å². The molecule has 0 aliphatic rings. The number of nitrogens with one attached hydrogen (secondary N) is 2. The summed E-state index contributed by atoms with van der Waals surface area (Å²) in [5.41, 5.74) is 2.72. The Bertz CT molecular complexity index is 1050. The van der Waals surface area contributed by atoms with Gasteiger partial charge in [0, 0.05) is 29.2 Å². The molecule has 2 N–H and O–H groups in total. The van der Waals surface area contributed by atoms with E-state index in [2.05, 4.69) is 20.4 Å². The molecular formula is C19H16N4O3. The van der Waals surface area contributed by atoms with Crippen LogP contribution in [0.5, 0.6) is 5.75 Å². The van der Waals surface area contributed by atoms with Gasteiger partial charge in [-0.15, -0.1) is 0 Å². The molecule has 0 spiro atoms. The fourth-order valence-electron chi connectivity index (χ4n) is 2.71. The van der Waals surface area contributed by atoms with Crippen molar-refractivity contribution >= 4 is 16.8 Å². The lowest BCUT2D eigenvalue weighted by Crippen LogP contribution is -2.23. The van der Waals surface area contributed by atoms with E-state index >= 15 is 0 Å². The molecular weight excluding hydrogens is 332 g/mol. The van der Waals surface area contributed by atoms with E-state index in [0.29, 0.717) is 12.4 Å². The second kappa shape index (κ2) is 6.72. The maximum absolute atomic E-state index is 12.3. The van der Waals surface area contributed by atoms with Crippen molar-refractivity contribution in [3.63, 3.8) is 0 Å². The van der Waals surface area contributed by atoms with E-state index < -0.39 is 5.91 Å². The molecule has 0 bridgehead atoms. The summed E-state index contributed by atoms with van der Waals surface area (Å²) in [4.78, 5) is 19.6. The van der Waals surface area contributed by atoms with Gasteiger partial charge in [-0.05, 0) is 29.8 Å².